The SMILES string of the molecule is O=C(CC1CCCCC1)N1CCN(c2ccccc2[N+](=O)[O-])CC1. The maximum absolute atomic E-state index is 12.5. The van der Waals surface area contributed by atoms with Gasteiger partial charge >= 0.3 is 0 Å². The van der Waals surface area contributed by atoms with E-state index in [4.69, 9.17) is 0 Å². The van der Waals surface area contributed by atoms with E-state index in [2.05, 4.69) is 0 Å². The minimum atomic E-state index is -0.337. The van der Waals surface area contributed by atoms with Crippen molar-refractivity contribution in [3.05, 3.63) is 34.4 Å². The second-order valence-corrected chi connectivity index (χ2v) is 6.82. The molecule has 1 aliphatic heterocycles. The van der Waals surface area contributed by atoms with E-state index >= 15 is 0 Å². The topological polar surface area (TPSA) is 66.7 Å². The third kappa shape index (κ3) is 3.86. The Morgan fingerprint density at radius 1 is 1.08 bits per heavy atom. The molecule has 0 spiro atoms. The Hall–Kier alpha value is -2.11. The average molecular weight is 331 g/mol. The number of rotatable bonds is 4. The van der Waals surface area contributed by atoms with Crippen molar-refractivity contribution in [2.45, 2.75) is 38.5 Å². The van der Waals surface area contributed by atoms with Gasteiger partial charge in [-0.15, -0.1) is 0 Å². The van der Waals surface area contributed by atoms with Crippen LogP contribution in [0.4, 0.5) is 11.4 Å². The molecule has 130 valence electrons. The molecule has 0 bridgehead atoms. The van der Waals surface area contributed by atoms with Crippen LogP contribution in [0, 0.1) is 16.0 Å². The van der Waals surface area contributed by atoms with Gasteiger partial charge in [-0.25, -0.2) is 0 Å². The van der Waals surface area contributed by atoms with Crippen molar-refractivity contribution in [3.8, 4) is 0 Å². The van der Waals surface area contributed by atoms with E-state index < -0.39 is 0 Å². The summed E-state index contributed by atoms with van der Waals surface area (Å²) in [5, 5.41) is 11.2. The summed E-state index contributed by atoms with van der Waals surface area (Å²) in [5.41, 5.74) is 0.793. The van der Waals surface area contributed by atoms with Gasteiger partial charge in [0.1, 0.15) is 5.69 Å². The van der Waals surface area contributed by atoms with Crippen molar-refractivity contribution >= 4 is 17.3 Å². The van der Waals surface area contributed by atoms with Crippen LogP contribution in [0.1, 0.15) is 38.5 Å². The van der Waals surface area contributed by atoms with Gasteiger partial charge in [-0.05, 0) is 24.8 Å². The van der Waals surface area contributed by atoms with E-state index in [9.17, 15) is 14.9 Å². The Balaban J connectivity index is 1.56. The maximum Gasteiger partial charge on any atom is 0.292 e. The first-order valence-electron chi connectivity index (χ1n) is 8.91. The lowest BCUT2D eigenvalue weighted by Gasteiger charge is -2.36. The van der Waals surface area contributed by atoms with Crippen molar-refractivity contribution in [1.82, 2.24) is 4.90 Å². The van der Waals surface area contributed by atoms with Crippen LogP contribution in [0.25, 0.3) is 0 Å². The first-order valence-corrected chi connectivity index (χ1v) is 8.91. The molecule has 1 aromatic carbocycles. The second kappa shape index (κ2) is 7.64. The van der Waals surface area contributed by atoms with Crippen molar-refractivity contribution in [1.29, 1.82) is 0 Å². The molecule has 2 aliphatic rings. The zero-order valence-corrected chi connectivity index (χ0v) is 14.0. The molecule has 1 amide bonds. The molecule has 0 unspecified atom stereocenters. The quantitative estimate of drug-likeness (QED) is 0.627. The Bertz CT molecular complexity index is 591. The van der Waals surface area contributed by atoms with E-state index in [-0.39, 0.29) is 16.5 Å². The highest BCUT2D eigenvalue weighted by atomic mass is 16.6. The van der Waals surface area contributed by atoms with Crippen molar-refractivity contribution in [2.24, 2.45) is 5.92 Å². The molecule has 0 radical (unpaired) electrons. The molecule has 24 heavy (non-hydrogen) atoms. The number of para-hydroxylation sites is 2. The zero-order valence-electron chi connectivity index (χ0n) is 14.0. The van der Waals surface area contributed by atoms with Gasteiger partial charge < -0.3 is 9.80 Å². The van der Waals surface area contributed by atoms with E-state index in [0.29, 0.717) is 44.2 Å². The largest absolute Gasteiger partial charge is 0.362 e. The number of hydrogen-bond donors (Lipinski definition) is 0. The van der Waals surface area contributed by atoms with Gasteiger partial charge in [-0.1, -0.05) is 31.4 Å². The highest BCUT2D eigenvalue weighted by Crippen LogP contribution is 2.29. The summed E-state index contributed by atoms with van der Waals surface area (Å²) in [4.78, 5) is 27.3. The summed E-state index contributed by atoms with van der Waals surface area (Å²) in [5.74, 6) is 0.809. The van der Waals surface area contributed by atoms with Crippen LogP contribution in [0.2, 0.25) is 0 Å². The fourth-order valence-electron chi connectivity index (χ4n) is 3.85. The van der Waals surface area contributed by atoms with Gasteiger partial charge in [0.15, 0.2) is 0 Å². The molecule has 3 rings (SSSR count). The van der Waals surface area contributed by atoms with Crippen molar-refractivity contribution < 1.29 is 9.72 Å². The molecule has 0 aromatic heterocycles. The Morgan fingerprint density at radius 2 is 1.75 bits per heavy atom. The van der Waals surface area contributed by atoms with E-state index in [0.717, 1.165) is 0 Å². The highest BCUT2D eigenvalue weighted by molar-refractivity contribution is 5.77. The molecule has 1 heterocycles. The van der Waals surface area contributed by atoms with Crippen LogP contribution in [0.5, 0.6) is 0 Å². The molecule has 6 nitrogen and oxygen atoms in total. The highest BCUT2D eigenvalue weighted by Gasteiger charge is 2.27. The number of benzene rings is 1. The maximum atomic E-state index is 12.5. The van der Waals surface area contributed by atoms with Crippen LogP contribution < -0.4 is 4.90 Å². The number of anilines is 1. The zero-order chi connectivity index (χ0) is 16.9. The van der Waals surface area contributed by atoms with Crippen LogP contribution in [0.15, 0.2) is 24.3 Å². The number of nitro benzene ring substituents is 1. The number of amides is 1. The van der Waals surface area contributed by atoms with Crippen LogP contribution in [0.3, 0.4) is 0 Å². The van der Waals surface area contributed by atoms with Gasteiger partial charge in [0.05, 0.1) is 4.92 Å². The van der Waals surface area contributed by atoms with Gasteiger partial charge in [-0.3, -0.25) is 14.9 Å². The number of hydrogen-bond acceptors (Lipinski definition) is 4. The first-order chi connectivity index (χ1) is 11.6. The van der Waals surface area contributed by atoms with Gasteiger partial charge in [0, 0.05) is 38.7 Å². The summed E-state index contributed by atoms with van der Waals surface area (Å²) < 4.78 is 0. The molecule has 6 heteroatoms. The lowest BCUT2D eigenvalue weighted by molar-refractivity contribution is -0.384. The fourth-order valence-corrected chi connectivity index (χ4v) is 3.85. The molecule has 0 atom stereocenters. The Kier molecular flexibility index (Phi) is 5.33. The summed E-state index contributed by atoms with van der Waals surface area (Å²) in [6.45, 7) is 2.61. The third-order valence-electron chi connectivity index (χ3n) is 5.24. The molecule has 0 N–H and O–H groups in total. The molecular formula is C18H25N3O3. The minimum Gasteiger partial charge on any atom is -0.362 e. The number of carbonyl (C=O) groups excluding carboxylic acids is 1. The summed E-state index contributed by atoms with van der Waals surface area (Å²) in [6, 6.07) is 6.84. The van der Waals surface area contributed by atoms with Gasteiger partial charge in [-0.2, -0.15) is 0 Å². The summed E-state index contributed by atoms with van der Waals surface area (Å²) in [6.07, 6.45) is 6.85. The van der Waals surface area contributed by atoms with Gasteiger partial charge in [0.2, 0.25) is 5.91 Å². The molecule has 1 aromatic rings. The lowest BCUT2D eigenvalue weighted by atomic mass is 9.86. The normalized spacial score (nSPS) is 19.3. The first kappa shape index (κ1) is 16.7. The number of nitro groups is 1. The van der Waals surface area contributed by atoms with Crippen molar-refractivity contribution in [2.75, 3.05) is 31.1 Å². The van der Waals surface area contributed by atoms with E-state index in [1.165, 1.54) is 38.2 Å². The van der Waals surface area contributed by atoms with Crippen LogP contribution >= 0.6 is 0 Å². The second-order valence-electron chi connectivity index (χ2n) is 6.82. The van der Waals surface area contributed by atoms with Crippen LogP contribution in [-0.2, 0) is 4.79 Å². The van der Waals surface area contributed by atoms with Crippen LogP contribution in [-0.4, -0.2) is 41.9 Å². The molecule has 2 fully saturated rings. The summed E-state index contributed by atoms with van der Waals surface area (Å²) in [7, 11) is 0. The van der Waals surface area contributed by atoms with Crippen molar-refractivity contribution in [3.63, 3.8) is 0 Å². The third-order valence-corrected chi connectivity index (χ3v) is 5.24. The molecular weight excluding hydrogens is 306 g/mol. The van der Waals surface area contributed by atoms with E-state index in [1.807, 2.05) is 15.9 Å². The monoisotopic (exact) mass is 331 g/mol. The summed E-state index contributed by atoms with van der Waals surface area (Å²) >= 11 is 0. The number of piperazine rings is 1. The standard InChI is InChI=1S/C18H25N3O3/c22-18(14-15-6-2-1-3-7-15)20-12-10-19(11-13-20)16-8-4-5-9-17(16)21(23)24/h4-5,8-9,15H,1-3,6-7,10-14H2. The average Bonchev–Trinajstić information content (AvgIpc) is 2.62. The predicted octanol–water partition coefficient (Wildman–Crippen LogP) is 3.21. The fraction of sp³-hybridized carbons (Fsp3) is 0.611. The molecule has 1 saturated heterocycles. The Morgan fingerprint density at radius 3 is 2.42 bits per heavy atom. The predicted molar refractivity (Wildman–Crippen MR) is 93.1 cm³/mol. The minimum absolute atomic E-state index is 0.138. The number of nitrogens with zero attached hydrogens (tertiary/aromatic N) is 3. The smallest absolute Gasteiger partial charge is 0.292 e. The number of carbonyl (C=O) groups is 1. The van der Waals surface area contributed by atoms with Gasteiger partial charge in [0.25, 0.3) is 5.69 Å². The Labute approximate surface area is 142 Å². The molecule has 1 saturated carbocycles. The lowest BCUT2D eigenvalue weighted by Crippen LogP contribution is -2.49. The molecule has 1 aliphatic carbocycles. The van der Waals surface area contributed by atoms with E-state index in [1.54, 1.807) is 12.1 Å².